The Bertz CT molecular complexity index is 424. The molecule has 2 atom stereocenters. The van der Waals surface area contributed by atoms with Gasteiger partial charge in [-0.05, 0) is 31.0 Å². The number of hydrogen-bond donors (Lipinski definition) is 1. The van der Waals surface area contributed by atoms with E-state index in [2.05, 4.69) is 5.32 Å². The normalized spacial score (nSPS) is 20.8. The third-order valence-corrected chi connectivity index (χ3v) is 3.66. The van der Waals surface area contributed by atoms with Crippen LogP contribution in [0.25, 0.3) is 0 Å². The number of nitrogens with one attached hydrogen (secondary N) is 1. The van der Waals surface area contributed by atoms with E-state index in [1.165, 1.54) is 0 Å². The van der Waals surface area contributed by atoms with Crippen LogP contribution in [0.3, 0.4) is 0 Å². The maximum atomic E-state index is 13.8. The molecule has 2 rings (SSSR count). The van der Waals surface area contributed by atoms with E-state index >= 15 is 0 Å². The lowest BCUT2D eigenvalue weighted by Gasteiger charge is -2.28. The van der Waals surface area contributed by atoms with Gasteiger partial charge in [-0.15, -0.1) is 0 Å². The summed E-state index contributed by atoms with van der Waals surface area (Å²) in [6.45, 7) is 5.73. The Labute approximate surface area is 117 Å². The molecule has 1 N–H and O–H groups in total. The van der Waals surface area contributed by atoms with Crippen LogP contribution in [0.4, 0.5) is 8.78 Å². The van der Waals surface area contributed by atoms with Gasteiger partial charge in [0.1, 0.15) is 6.10 Å². The maximum absolute atomic E-state index is 13.8. The van der Waals surface area contributed by atoms with E-state index < -0.39 is 11.6 Å². The van der Waals surface area contributed by atoms with Crippen LogP contribution < -0.4 is 10.1 Å². The molecule has 0 radical (unpaired) electrons. The molecule has 1 unspecified atom stereocenters. The van der Waals surface area contributed by atoms with Gasteiger partial charge in [-0.1, -0.05) is 25.4 Å². The van der Waals surface area contributed by atoms with Crippen molar-refractivity contribution in [2.24, 2.45) is 11.8 Å². The van der Waals surface area contributed by atoms with Gasteiger partial charge in [-0.25, -0.2) is 8.78 Å². The first-order chi connectivity index (χ1) is 8.99. The molecule has 0 spiro atoms. The van der Waals surface area contributed by atoms with Gasteiger partial charge in [0.15, 0.2) is 17.4 Å². The molecule has 1 saturated heterocycles. The highest BCUT2D eigenvalue weighted by molar-refractivity contribution is 6.30. The van der Waals surface area contributed by atoms with Crippen molar-refractivity contribution in [2.45, 2.75) is 26.4 Å². The second-order valence-corrected chi connectivity index (χ2v) is 5.71. The van der Waals surface area contributed by atoms with Crippen molar-refractivity contribution >= 4 is 11.6 Å². The fraction of sp³-hybridized carbons (Fsp3) is 0.571. The summed E-state index contributed by atoms with van der Waals surface area (Å²) in [4.78, 5) is 0. The van der Waals surface area contributed by atoms with Crippen molar-refractivity contribution in [1.82, 2.24) is 5.32 Å². The van der Waals surface area contributed by atoms with E-state index in [9.17, 15) is 8.78 Å². The SMILES string of the molecule is CC(C)[C@H](Oc1c(F)cc(Cl)cc1F)C1CCNC1. The molecule has 1 heterocycles. The van der Waals surface area contributed by atoms with Gasteiger partial charge in [-0.2, -0.15) is 0 Å². The lowest BCUT2D eigenvalue weighted by molar-refractivity contribution is 0.0879. The molecule has 0 aliphatic carbocycles. The fourth-order valence-electron chi connectivity index (χ4n) is 2.51. The van der Waals surface area contributed by atoms with Crippen molar-refractivity contribution in [3.05, 3.63) is 28.8 Å². The summed E-state index contributed by atoms with van der Waals surface area (Å²) in [5, 5.41) is 3.28. The first-order valence-electron chi connectivity index (χ1n) is 6.51. The smallest absolute Gasteiger partial charge is 0.191 e. The van der Waals surface area contributed by atoms with Gasteiger partial charge in [-0.3, -0.25) is 0 Å². The van der Waals surface area contributed by atoms with Crippen LogP contribution in [0, 0.1) is 23.5 Å². The number of ether oxygens (including phenoxy) is 1. The summed E-state index contributed by atoms with van der Waals surface area (Å²) >= 11 is 5.60. The predicted molar refractivity (Wildman–Crippen MR) is 71.6 cm³/mol. The van der Waals surface area contributed by atoms with E-state index in [4.69, 9.17) is 16.3 Å². The average Bonchev–Trinajstić information content (AvgIpc) is 2.80. The Hall–Kier alpha value is -0.870. The maximum Gasteiger partial charge on any atom is 0.191 e. The first kappa shape index (κ1) is 14.5. The zero-order valence-corrected chi connectivity index (χ0v) is 11.8. The van der Waals surface area contributed by atoms with Crippen LogP contribution in [-0.4, -0.2) is 19.2 Å². The minimum Gasteiger partial charge on any atom is -0.484 e. The largest absolute Gasteiger partial charge is 0.484 e. The molecular formula is C14H18ClF2NO. The van der Waals surface area contributed by atoms with E-state index in [1.807, 2.05) is 13.8 Å². The quantitative estimate of drug-likeness (QED) is 0.914. The van der Waals surface area contributed by atoms with E-state index in [1.54, 1.807) is 0 Å². The highest BCUT2D eigenvalue weighted by Crippen LogP contribution is 2.30. The average molecular weight is 290 g/mol. The topological polar surface area (TPSA) is 21.3 Å². The standard InChI is InChI=1S/C14H18ClF2NO/c1-8(2)13(9-3-4-18-7-9)19-14-11(16)5-10(15)6-12(14)17/h5-6,8-9,13,18H,3-4,7H2,1-2H3/t9?,13-/m0/s1. The van der Waals surface area contributed by atoms with Crippen LogP contribution in [0.2, 0.25) is 5.02 Å². The molecule has 1 aliphatic rings. The molecule has 1 aromatic carbocycles. The molecule has 1 fully saturated rings. The lowest BCUT2D eigenvalue weighted by Crippen LogP contribution is -2.34. The molecule has 0 aromatic heterocycles. The monoisotopic (exact) mass is 289 g/mol. The Morgan fingerprint density at radius 2 is 1.95 bits per heavy atom. The molecule has 1 aliphatic heterocycles. The summed E-state index contributed by atoms with van der Waals surface area (Å²) in [6, 6.07) is 2.15. The van der Waals surface area contributed by atoms with Gasteiger partial charge in [0.2, 0.25) is 0 Å². The number of halogens is 3. The summed E-state index contributed by atoms with van der Waals surface area (Å²) in [7, 11) is 0. The molecule has 1 aromatic rings. The highest BCUT2D eigenvalue weighted by atomic mass is 35.5. The minimum absolute atomic E-state index is 0.0333. The molecule has 2 nitrogen and oxygen atoms in total. The Morgan fingerprint density at radius 1 is 1.32 bits per heavy atom. The zero-order valence-electron chi connectivity index (χ0n) is 11.1. The summed E-state index contributed by atoms with van der Waals surface area (Å²) in [5.74, 6) is -1.37. The van der Waals surface area contributed by atoms with Gasteiger partial charge in [0.25, 0.3) is 0 Å². The molecule has 0 saturated carbocycles. The van der Waals surface area contributed by atoms with E-state index in [0.29, 0.717) is 0 Å². The summed E-state index contributed by atoms with van der Waals surface area (Å²) in [5.41, 5.74) is 0. The van der Waals surface area contributed by atoms with Crippen molar-refractivity contribution < 1.29 is 13.5 Å². The summed E-state index contributed by atoms with van der Waals surface area (Å²) < 4.78 is 33.1. The fourth-order valence-corrected chi connectivity index (χ4v) is 2.70. The van der Waals surface area contributed by atoms with Gasteiger partial charge < -0.3 is 10.1 Å². The van der Waals surface area contributed by atoms with Gasteiger partial charge >= 0.3 is 0 Å². The van der Waals surface area contributed by atoms with Crippen LogP contribution in [0.5, 0.6) is 5.75 Å². The lowest BCUT2D eigenvalue weighted by atomic mass is 9.92. The number of benzene rings is 1. The van der Waals surface area contributed by atoms with E-state index in [-0.39, 0.29) is 28.7 Å². The highest BCUT2D eigenvalue weighted by Gasteiger charge is 2.30. The third kappa shape index (κ3) is 3.37. The molecule has 0 amide bonds. The number of rotatable bonds is 4. The Kier molecular flexibility index (Phi) is 4.63. The third-order valence-electron chi connectivity index (χ3n) is 3.44. The summed E-state index contributed by atoms with van der Waals surface area (Å²) in [6.07, 6.45) is 0.750. The zero-order chi connectivity index (χ0) is 14.0. The second-order valence-electron chi connectivity index (χ2n) is 5.28. The van der Waals surface area contributed by atoms with Crippen molar-refractivity contribution in [3.8, 4) is 5.75 Å². The van der Waals surface area contributed by atoms with E-state index in [0.717, 1.165) is 31.6 Å². The van der Waals surface area contributed by atoms with Crippen LogP contribution in [0.15, 0.2) is 12.1 Å². The van der Waals surface area contributed by atoms with Gasteiger partial charge in [0.05, 0.1) is 0 Å². The van der Waals surface area contributed by atoms with Crippen LogP contribution >= 0.6 is 11.6 Å². The Morgan fingerprint density at radius 3 is 2.42 bits per heavy atom. The minimum atomic E-state index is -0.749. The molecule has 19 heavy (non-hydrogen) atoms. The van der Waals surface area contributed by atoms with Gasteiger partial charge in [0, 0.05) is 17.5 Å². The first-order valence-corrected chi connectivity index (χ1v) is 6.88. The van der Waals surface area contributed by atoms with Crippen molar-refractivity contribution in [2.75, 3.05) is 13.1 Å². The van der Waals surface area contributed by atoms with Crippen molar-refractivity contribution in [3.63, 3.8) is 0 Å². The van der Waals surface area contributed by atoms with Crippen molar-refractivity contribution in [1.29, 1.82) is 0 Å². The molecule has 5 heteroatoms. The number of hydrogen-bond acceptors (Lipinski definition) is 2. The Balaban J connectivity index is 2.21. The predicted octanol–water partition coefficient (Wildman–Crippen LogP) is 3.63. The van der Waals surface area contributed by atoms with Crippen LogP contribution in [-0.2, 0) is 0 Å². The molecule has 0 bridgehead atoms. The molecular weight excluding hydrogens is 272 g/mol. The second kappa shape index (κ2) is 6.06. The molecule has 106 valence electrons. The van der Waals surface area contributed by atoms with Crippen LogP contribution in [0.1, 0.15) is 20.3 Å².